The summed E-state index contributed by atoms with van der Waals surface area (Å²) in [6, 6.07) is 9.94. The fourth-order valence-electron chi connectivity index (χ4n) is 2.59. The Morgan fingerprint density at radius 2 is 2.12 bits per heavy atom. The van der Waals surface area contributed by atoms with Crippen LogP contribution in [0.15, 0.2) is 47.6 Å². The van der Waals surface area contributed by atoms with Gasteiger partial charge in [-0.05, 0) is 48.4 Å². The Labute approximate surface area is 172 Å². The van der Waals surface area contributed by atoms with Gasteiger partial charge in [0.05, 0.1) is 12.1 Å². The van der Waals surface area contributed by atoms with E-state index in [9.17, 15) is 4.39 Å². The van der Waals surface area contributed by atoms with Crippen LogP contribution in [0.2, 0.25) is 5.02 Å². The van der Waals surface area contributed by atoms with E-state index >= 15 is 0 Å². The molecule has 0 amide bonds. The highest BCUT2D eigenvalue weighted by atomic mass is 127. The highest BCUT2D eigenvalue weighted by molar-refractivity contribution is 14.0. The summed E-state index contributed by atoms with van der Waals surface area (Å²) in [6.07, 6.45) is 2.52. The minimum Gasteiger partial charge on any atom is -0.495 e. The maximum Gasteiger partial charge on any atom is 0.193 e. The van der Waals surface area contributed by atoms with Gasteiger partial charge in [-0.2, -0.15) is 0 Å². The van der Waals surface area contributed by atoms with Crippen LogP contribution in [-0.2, 0) is 6.42 Å². The lowest BCUT2D eigenvalue weighted by molar-refractivity contribution is 0.415. The van der Waals surface area contributed by atoms with Crippen molar-refractivity contribution in [1.82, 2.24) is 4.98 Å². The van der Waals surface area contributed by atoms with Crippen LogP contribution in [0.5, 0.6) is 5.75 Å². The van der Waals surface area contributed by atoms with E-state index in [0.29, 0.717) is 23.7 Å². The highest BCUT2D eigenvalue weighted by Crippen LogP contribution is 2.27. The van der Waals surface area contributed by atoms with E-state index in [1.807, 2.05) is 6.20 Å². The monoisotopic (exact) mass is 488 g/mol. The summed E-state index contributed by atoms with van der Waals surface area (Å²) in [5.41, 5.74) is 8.52. The van der Waals surface area contributed by atoms with Crippen LogP contribution in [0.4, 0.5) is 10.1 Å². The maximum absolute atomic E-state index is 13.4. The molecular weight excluding hydrogens is 470 g/mol. The lowest BCUT2D eigenvalue weighted by Crippen LogP contribution is -2.23. The van der Waals surface area contributed by atoms with Crippen molar-refractivity contribution in [3.05, 3.63) is 59.0 Å². The van der Waals surface area contributed by atoms with Crippen LogP contribution in [-0.4, -0.2) is 24.6 Å². The molecule has 0 saturated heterocycles. The van der Waals surface area contributed by atoms with E-state index in [0.717, 1.165) is 22.2 Å². The van der Waals surface area contributed by atoms with Gasteiger partial charge in [0, 0.05) is 29.3 Å². The Morgan fingerprint density at radius 1 is 1.31 bits per heavy atom. The second kappa shape index (κ2) is 9.09. The van der Waals surface area contributed by atoms with E-state index in [1.54, 1.807) is 31.4 Å². The Morgan fingerprint density at radius 3 is 2.85 bits per heavy atom. The van der Waals surface area contributed by atoms with Gasteiger partial charge in [0.25, 0.3) is 0 Å². The molecule has 5 nitrogen and oxygen atoms in total. The third-order valence-electron chi connectivity index (χ3n) is 3.82. The number of aliphatic imine (C=N–C) groups is 1. The first kappa shape index (κ1) is 20.3. The number of aromatic amines is 1. The second-order valence-corrected chi connectivity index (χ2v) is 5.90. The molecule has 0 aliphatic heterocycles. The number of nitrogens with one attached hydrogen (secondary N) is 2. The summed E-state index contributed by atoms with van der Waals surface area (Å²) in [6.45, 7) is 0.478. The zero-order valence-corrected chi connectivity index (χ0v) is 17.1. The fourth-order valence-corrected chi connectivity index (χ4v) is 2.84. The number of guanidine groups is 1. The van der Waals surface area contributed by atoms with Crippen LogP contribution < -0.4 is 15.8 Å². The molecule has 26 heavy (non-hydrogen) atoms. The Bertz CT molecular complexity index is 929. The molecule has 0 spiro atoms. The van der Waals surface area contributed by atoms with Crippen LogP contribution in [0.3, 0.4) is 0 Å². The number of methoxy groups -OCH3 is 1. The SMILES string of the molecule is COc1ccc(NC(N)=NCCc2c[nH]c3ccc(F)cc23)cc1Cl.I. The van der Waals surface area contributed by atoms with Gasteiger partial charge >= 0.3 is 0 Å². The van der Waals surface area contributed by atoms with Gasteiger partial charge in [0.2, 0.25) is 0 Å². The topological polar surface area (TPSA) is 75.4 Å². The number of rotatable bonds is 5. The number of nitrogens with two attached hydrogens (primary N) is 1. The minimum absolute atomic E-state index is 0. The number of nitrogens with zero attached hydrogens (tertiary/aromatic N) is 1. The van der Waals surface area contributed by atoms with Crippen molar-refractivity contribution in [3.8, 4) is 5.75 Å². The zero-order valence-electron chi connectivity index (χ0n) is 14.1. The van der Waals surface area contributed by atoms with E-state index in [2.05, 4.69) is 15.3 Å². The molecule has 138 valence electrons. The molecule has 0 radical (unpaired) electrons. The van der Waals surface area contributed by atoms with E-state index in [4.69, 9.17) is 22.1 Å². The number of hydrogen-bond donors (Lipinski definition) is 3. The average molecular weight is 489 g/mol. The molecule has 0 aliphatic carbocycles. The van der Waals surface area contributed by atoms with Crippen molar-refractivity contribution in [2.45, 2.75) is 6.42 Å². The van der Waals surface area contributed by atoms with Crippen molar-refractivity contribution in [3.63, 3.8) is 0 Å². The number of anilines is 1. The third-order valence-corrected chi connectivity index (χ3v) is 4.11. The summed E-state index contributed by atoms with van der Waals surface area (Å²) in [5.74, 6) is 0.621. The molecule has 0 aliphatic rings. The van der Waals surface area contributed by atoms with E-state index < -0.39 is 0 Å². The first-order valence-electron chi connectivity index (χ1n) is 7.73. The number of aromatic nitrogens is 1. The summed E-state index contributed by atoms with van der Waals surface area (Å²) >= 11 is 6.07. The quantitative estimate of drug-likeness (QED) is 0.280. The maximum atomic E-state index is 13.4. The molecule has 3 aromatic rings. The minimum atomic E-state index is -0.255. The van der Waals surface area contributed by atoms with Gasteiger partial charge < -0.3 is 20.8 Å². The molecule has 8 heteroatoms. The first-order valence-corrected chi connectivity index (χ1v) is 8.10. The Kier molecular flexibility index (Phi) is 7.10. The van der Waals surface area contributed by atoms with E-state index in [1.165, 1.54) is 12.1 Å². The van der Waals surface area contributed by atoms with Crippen LogP contribution in [0, 0.1) is 5.82 Å². The van der Waals surface area contributed by atoms with Gasteiger partial charge in [-0.15, -0.1) is 24.0 Å². The van der Waals surface area contributed by atoms with Crippen molar-refractivity contribution in [2.24, 2.45) is 10.7 Å². The molecule has 0 bridgehead atoms. The molecule has 3 rings (SSSR count). The molecule has 0 unspecified atom stereocenters. The molecule has 0 atom stereocenters. The van der Waals surface area contributed by atoms with Crippen molar-refractivity contribution < 1.29 is 9.13 Å². The van der Waals surface area contributed by atoms with Gasteiger partial charge in [-0.3, -0.25) is 4.99 Å². The molecule has 4 N–H and O–H groups in total. The van der Waals surface area contributed by atoms with Gasteiger partial charge in [0.15, 0.2) is 5.96 Å². The number of benzene rings is 2. The standard InChI is InChI=1S/C18H18ClFN4O.HI/c1-25-17-5-3-13(9-15(17)19)24-18(21)22-7-6-11-10-23-16-4-2-12(20)8-14(11)16;/h2-5,8-10,23H,6-7H2,1H3,(H3,21,22,24);1H. The molecule has 0 saturated carbocycles. The van der Waals surface area contributed by atoms with E-state index in [-0.39, 0.29) is 35.8 Å². The summed E-state index contributed by atoms with van der Waals surface area (Å²) in [5, 5.41) is 4.33. The summed E-state index contributed by atoms with van der Waals surface area (Å²) in [4.78, 5) is 7.42. The van der Waals surface area contributed by atoms with Crippen molar-refractivity contribution in [1.29, 1.82) is 0 Å². The lowest BCUT2D eigenvalue weighted by Gasteiger charge is -2.08. The molecule has 1 aromatic heterocycles. The van der Waals surface area contributed by atoms with Crippen LogP contribution >= 0.6 is 35.6 Å². The predicted octanol–water partition coefficient (Wildman–Crippen LogP) is 4.56. The zero-order chi connectivity index (χ0) is 17.8. The predicted molar refractivity (Wildman–Crippen MR) is 115 cm³/mol. The second-order valence-electron chi connectivity index (χ2n) is 5.50. The van der Waals surface area contributed by atoms with Gasteiger partial charge in [-0.25, -0.2) is 4.39 Å². The lowest BCUT2D eigenvalue weighted by atomic mass is 10.1. The van der Waals surface area contributed by atoms with Crippen molar-refractivity contribution >= 4 is 58.1 Å². The number of halogens is 3. The number of ether oxygens (including phenoxy) is 1. The fraction of sp³-hybridized carbons (Fsp3) is 0.167. The summed E-state index contributed by atoms with van der Waals surface area (Å²) in [7, 11) is 1.56. The summed E-state index contributed by atoms with van der Waals surface area (Å²) < 4.78 is 18.5. The number of hydrogen-bond acceptors (Lipinski definition) is 2. The van der Waals surface area contributed by atoms with Crippen molar-refractivity contribution in [2.75, 3.05) is 19.0 Å². The molecule has 0 fully saturated rings. The first-order chi connectivity index (χ1) is 12.1. The average Bonchev–Trinajstić information content (AvgIpc) is 2.97. The van der Waals surface area contributed by atoms with Crippen LogP contribution in [0.25, 0.3) is 10.9 Å². The number of H-pyrrole nitrogens is 1. The van der Waals surface area contributed by atoms with Crippen LogP contribution in [0.1, 0.15) is 5.56 Å². The Hall–Kier alpha value is -2.00. The normalized spacial score (nSPS) is 11.3. The third kappa shape index (κ3) is 4.79. The smallest absolute Gasteiger partial charge is 0.193 e. The van der Waals surface area contributed by atoms with Gasteiger partial charge in [0.1, 0.15) is 11.6 Å². The van der Waals surface area contributed by atoms with Gasteiger partial charge in [-0.1, -0.05) is 11.6 Å². The highest BCUT2D eigenvalue weighted by Gasteiger charge is 2.05. The number of fused-ring (bicyclic) bond motifs is 1. The molecule has 1 heterocycles. The molecule has 2 aromatic carbocycles. The molecular formula is C18H19ClFIN4O. The Balaban J connectivity index is 0.00000243. The largest absolute Gasteiger partial charge is 0.495 e.